The van der Waals surface area contributed by atoms with Gasteiger partial charge in [-0.25, -0.2) is 4.68 Å². The van der Waals surface area contributed by atoms with Crippen LogP contribution < -0.4 is 5.32 Å². The Hall–Kier alpha value is -2.21. The fourth-order valence-corrected chi connectivity index (χ4v) is 2.40. The third-order valence-corrected chi connectivity index (χ3v) is 3.46. The zero-order chi connectivity index (χ0) is 13.9. The van der Waals surface area contributed by atoms with Crippen molar-refractivity contribution in [1.82, 2.24) is 25.2 Å². The zero-order valence-corrected chi connectivity index (χ0v) is 11.4. The number of benzene rings is 1. The molecule has 0 unspecified atom stereocenters. The van der Waals surface area contributed by atoms with Crippen molar-refractivity contribution < 1.29 is 4.79 Å². The molecule has 1 aromatic carbocycles. The number of hydrogen-bond donors (Lipinski definition) is 1. The second kappa shape index (κ2) is 5.42. The van der Waals surface area contributed by atoms with Gasteiger partial charge in [0.1, 0.15) is 0 Å². The molecule has 20 heavy (non-hydrogen) atoms. The minimum atomic E-state index is 0.0866. The summed E-state index contributed by atoms with van der Waals surface area (Å²) in [6.45, 7) is 4.45. The topological polar surface area (TPSA) is 63.1 Å². The highest BCUT2D eigenvalue weighted by Crippen LogP contribution is 2.11. The molecule has 1 saturated heterocycles. The van der Waals surface area contributed by atoms with Crippen LogP contribution in [0.2, 0.25) is 0 Å². The molecule has 2 aromatic rings. The van der Waals surface area contributed by atoms with Gasteiger partial charge < -0.3 is 10.2 Å². The molecule has 6 nitrogen and oxygen atoms in total. The Morgan fingerprint density at radius 3 is 2.80 bits per heavy atom. The first kappa shape index (κ1) is 12.8. The predicted molar refractivity (Wildman–Crippen MR) is 74.7 cm³/mol. The summed E-state index contributed by atoms with van der Waals surface area (Å²) in [5, 5.41) is 11.0. The van der Waals surface area contributed by atoms with E-state index in [1.54, 1.807) is 17.1 Å². The number of rotatable bonds is 2. The van der Waals surface area contributed by atoms with Crippen molar-refractivity contribution in [3.05, 3.63) is 42.2 Å². The zero-order valence-electron chi connectivity index (χ0n) is 11.4. The van der Waals surface area contributed by atoms with Gasteiger partial charge in [-0.05, 0) is 31.2 Å². The lowest BCUT2D eigenvalue weighted by Gasteiger charge is -2.32. The van der Waals surface area contributed by atoms with E-state index in [4.69, 9.17) is 0 Å². The molecular weight excluding hydrogens is 254 g/mol. The minimum absolute atomic E-state index is 0.0866. The monoisotopic (exact) mass is 271 g/mol. The Morgan fingerprint density at radius 2 is 2.15 bits per heavy atom. The molecule has 2 heterocycles. The maximum atomic E-state index is 12.4. The van der Waals surface area contributed by atoms with Gasteiger partial charge in [0.05, 0.1) is 18.1 Å². The molecule has 0 spiro atoms. The molecule has 1 aliphatic heterocycles. The summed E-state index contributed by atoms with van der Waals surface area (Å²) < 4.78 is 1.67. The molecule has 6 heteroatoms. The summed E-state index contributed by atoms with van der Waals surface area (Å²) in [4.78, 5) is 14.3. The van der Waals surface area contributed by atoms with Crippen LogP contribution in [-0.2, 0) is 0 Å². The Bertz CT molecular complexity index is 578. The first-order valence-corrected chi connectivity index (χ1v) is 6.73. The van der Waals surface area contributed by atoms with Gasteiger partial charge in [-0.3, -0.25) is 4.79 Å². The van der Waals surface area contributed by atoms with Gasteiger partial charge in [-0.2, -0.15) is 0 Å². The van der Waals surface area contributed by atoms with Crippen molar-refractivity contribution in [3.8, 4) is 5.69 Å². The SMILES string of the molecule is C[C@@H]1CN(C(=O)c2ccc(-n3ccnn3)cc2)CCN1. The number of nitrogens with one attached hydrogen (secondary N) is 1. The summed E-state index contributed by atoms with van der Waals surface area (Å²) in [6.07, 6.45) is 3.40. The number of piperazine rings is 1. The van der Waals surface area contributed by atoms with Gasteiger partial charge in [0, 0.05) is 31.2 Å². The molecule has 1 N–H and O–H groups in total. The van der Waals surface area contributed by atoms with Crippen molar-refractivity contribution in [3.63, 3.8) is 0 Å². The number of nitrogens with zero attached hydrogens (tertiary/aromatic N) is 4. The minimum Gasteiger partial charge on any atom is -0.336 e. The molecule has 0 aliphatic carbocycles. The molecule has 3 rings (SSSR count). The maximum Gasteiger partial charge on any atom is 0.253 e. The van der Waals surface area contributed by atoms with Crippen LogP contribution in [0.25, 0.3) is 5.69 Å². The summed E-state index contributed by atoms with van der Waals surface area (Å²) >= 11 is 0. The number of aromatic nitrogens is 3. The van der Waals surface area contributed by atoms with Crippen LogP contribution in [0, 0.1) is 0 Å². The van der Waals surface area contributed by atoms with Crippen LogP contribution in [-0.4, -0.2) is 51.5 Å². The molecule has 1 atom stereocenters. The highest BCUT2D eigenvalue weighted by Gasteiger charge is 2.21. The van der Waals surface area contributed by atoms with E-state index in [0.717, 1.165) is 25.3 Å². The van der Waals surface area contributed by atoms with E-state index in [9.17, 15) is 4.79 Å². The third kappa shape index (κ3) is 2.55. The van der Waals surface area contributed by atoms with E-state index in [0.29, 0.717) is 11.6 Å². The van der Waals surface area contributed by atoms with Gasteiger partial charge in [0.15, 0.2) is 0 Å². The van der Waals surface area contributed by atoms with Gasteiger partial charge in [-0.1, -0.05) is 5.21 Å². The molecule has 0 saturated carbocycles. The molecule has 1 aliphatic rings. The van der Waals surface area contributed by atoms with Crippen LogP contribution in [0.15, 0.2) is 36.7 Å². The second-order valence-electron chi connectivity index (χ2n) is 5.00. The normalized spacial score (nSPS) is 19.1. The Kier molecular flexibility index (Phi) is 3.47. The highest BCUT2D eigenvalue weighted by molar-refractivity contribution is 5.94. The molecule has 0 bridgehead atoms. The van der Waals surface area contributed by atoms with Gasteiger partial charge in [-0.15, -0.1) is 5.10 Å². The average molecular weight is 271 g/mol. The molecular formula is C14H17N5O. The van der Waals surface area contributed by atoms with E-state index in [1.165, 1.54) is 0 Å². The Labute approximate surface area is 117 Å². The fourth-order valence-electron chi connectivity index (χ4n) is 2.40. The number of carbonyl (C=O) groups is 1. The third-order valence-electron chi connectivity index (χ3n) is 3.46. The van der Waals surface area contributed by atoms with Crippen molar-refractivity contribution in [2.75, 3.05) is 19.6 Å². The smallest absolute Gasteiger partial charge is 0.253 e. The lowest BCUT2D eigenvalue weighted by atomic mass is 10.1. The summed E-state index contributed by atoms with van der Waals surface area (Å²) in [5.74, 6) is 0.0866. The standard InChI is InChI=1S/C14H17N5O/c1-11-10-18(8-6-15-11)14(20)12-2-4-13(5-3-12)19-9-7-16-17-19/h2-5,7,9,11,15H,6,8,10H2,1H3/t11-/m1/s1. The van der Waals surface area contributed by atoms with E-state index in [2.05, 4.69) is 22.6 Å². The van der Waals surface area contributed by atoms with Gasteiger partial charge >= 0.3 is 0 Å². The van der Waals surface area contributed by atoms with Crippen LogP contribution in [0.5, 0.6) is 0 Å². The van der Waals surface area contributed by atoms with E-state index >= 15 is 0 Å². The summed E-state index contributed by atoms with van der Waals surface area (Å²) in [7, 11) is 0. The van der Waals surface area contributed by atoms with Crippen molar-refractivity contribution in [2.45, 2.75) is 13.0 Å². The van der Waals surface area contributed by atoms with Crippen LogP contribution in [0.4, 0.5) is 0 Å². The quantitative estimate of drug-likeness (QED) is 0.873. The second-order valence-corrected chi connectivity index (χ2v) is 5.00. The first-order chi connectivity index (χ1) is 9.74. The molecule has 0 radical (unpaired) electrons. The van der Waals surface area contributed by atoms with Crippen LogP contribution in [0.1, 0.15) is 17.3 Å². The lowest BCUT2D eigenvalue weighted by molar-refractivity contribution is 0.0709. The van der Waals surface area contributed by atoms with Gasteiger partial charge in [0.2, 0.25) is 0 Å². The van der Waals surface area contributed by atoms with Crippen molar-refractivity contribution >= 4 is 5.91 Å². The Balaban J connectivity index is 1.75. The van der Waals surface area contributed by atoms with E-state index in [1.807, 2.05) is 29.2 Å². The predicted octanol–water partition coefficient (Wildman–Crippen LogP) is 0.701. The van der Waals surface area contributed by atoms with Crippen molar-refractivity contribution in [2.24, 2.45) is 0 Å². The lowest BCUT2D eigenvalue weighted by Crippen LogP contribution is -2.51. The number of amides is 1. The van der Waals surface area contributed by atoms with E-state index < -0.39 is 0 Å². The number of hydrogen-bond acceptors (Lipinski definition) is 4. The fraction of sp³-hybridized carbons (Fsp3) is 0.357. The van der Waals surface area contributed by atoms with Gasteiger partial charge in [0.25, 0.3) is 5.91 Å². The number of carbonyl (C=O) groups excluding carboxylic acids is 1. The molecule has 1 amide bonds. The van der Waals surface area contributed by atoms with E-state index in [-0.39, 0.29) is 5.91 Å². The largest absolute Gasteiger partial charge is 0.336 e. The highest BCUT2D eigenvalue weighted by atomic mass is 16.2. The van der Waals surface area contributed by atoms with Crippen LogP contribution >= 0.6 is 0 Å². The Morgan fingerprint density at radius 1 is 1.35 bits per heavy atom. The molecule has 1 fully saturated rings. The van der Waals surface area contributed by atoms with Crippen LogP contribution in [0.3, 0.4) is 0 Å². The maximum absolute atomic E-state index is 12.4. The molecule has 104 valence electrons. The summed E-state index contributed by atoms with van der Waals surface area (Å²) in [5.41, 5.74) is 1.61. The van der Waals surface area contributed by atoms with Crippen molar-refractivity contribution in [1.29, 1.82) is 0 Å². The molecule has 1 aromatic heterocycles. The summed E-state index contributed by atoms with van der Waals surface area (Å²) in [6, 6.07) is 7.79. The first-order valence-electron chi connectivity index (χ1n) is 6.73. The average Bonchev–Trinajstić information content (AvgIpc) is 3.01.